The van der Waals surface area contributed by atoms with Crippen LogP contribution in [0.5, 0.6) is 6.01 Å². The highest BCUT2D eigenvalue weighted by molar-refractivity contribution is 7.99. The quantitative estimate of drug-likeness (QED) is 0.769. The molecule has 1 atom stereocenters. The number of rotatable bonds is 7. The third kappa shape index (κ3) is 4.68. The van der Waals surface area contributed by atoms with E-state index in [1.54, 1.807) is 18.8 Å². The topological polar surface area (TPSA) is 59.9 Å². The second-order valence-electron chi connectivity index (χ2n) is 4.39. The van der Waals surface area contributed by atoms with Crippen LogP contribution in [-0.4, -0.2) is 33.9 Å². The summed E-state index contributed by atoms with van der Waals surface area (Å²) in [4.78, 5) is 12.8. The first-order valence-corrected chi connectivity index (χ1v) is 7.18. The number of nitrogens with one attached hydrogen (secondary N) is 1. The van der Waals surface area contributed by atoms with Crippen LogP contribution in [-0.2, 0) is 0 Å². The van der Waals surface area contributed by atoms with Gasteiger partial charge in [-0.3, -0.25) is 0 Å². The Morgan fingerprint density at radius 1 is 1.22 bits per heavy atom. The number of thioether (sulfide) groups is 1. The number of ether oxygens (including phenoxy) is 1. The molecule has 1 unspecified atom stereocenters. The van der Waals surface area contributed by atoms with Crippen LogP contribution >= 0.6 is 11.8 Å². The maximum Gasteiger partial charge on any atom is 0.322 e. The highest BCUT2D eigenvalue weighted by Crippen LogP contribution is 2.26. The summed E-state index contributed by atoms with van der Waals surface area (Å²) in [5, 5.41) is 4.10. The van der Waals surface area contributed by atoms with Gasteiger partial charge in [0.15, 0.2) is 5.16 Å². The minimum absolute atomic E-state index is 0.398. The molecule has 0 saturated heterocycles. The molecular weight excluding hydrogens is 248 g/mol. The van der Waals surface area contributed by atoms with Gasteiger partial charge in [0, 0.05) is 12.3 Å². The van der Waals surface area contributed by atoms with E-state index < -0.39 is 0 Å². The molecule has 102 valence electrons. The summed E-state index contributed by atoms with van der Waals surface area (Å²) in [5.74, 6) is 1.12. The van der Waals surface area contributed by atoms with Gasteiger partial charge in [0.1, 0.15) is 0 Å². The molecule has 0 saturated carbocycles. The van der Waals surface area contributed by atoms with E-state index in [1.807, 2.05) is 0 Å². The fraction of sp³-hybridized carbons (Fsp3) is 0.750. The fourth-order valence-electron chi connectivity index (χ4n) is 1.06. The van der Waals surface area contributed by atoms with Crippen LogP contribution in [0.4, 0.5) is 5.95 Å². The molecule has 0 spiro atoms. The molecule has 1 aromatic rings. The Balaban J connectivity index is 2.82. The molecule has 1 N–H and O–H groups in total. The molecule has 18 heavy (non-hydrogen) atoms. The fourth-order valence-corrected chi connectivity index (χ4v) is 1.94. The van der Waals surface area contributed by atoms with Crippen LogP contribution in [0.1, 0.15) is 34.1 Å². The number of aromatic nitrogens is 3. The SMILES string of the molecule is CCCOc1nc(NC)nc(SC(C)C(C)C)n1. The Morgan fingerprint density at radius 3 is 2.50 bits per heavy atom. The molecule has 5 nitrogen and oxygen atoms in total. The van der Waals surface area contributed by atoms with Crippen molar-refractivity contribution in [3.8, 4) is 6.01 Å². The Bertz CT molecular complexity index is 373. The Kier molecular flexibility index (Phi) is 6.18. The van der Waals surface area contributed by atoms with Crippen molar-refractivity contribution in [1.82, 2.24) is 15.0 Å². The highest BCUT2D eigenvalue weighted by atomic mass is 32.2. The van der Waals surface area contributed by atoms with Crippen LogP contribution < -0.4 is 10.1 Å². The second kappa shape index (κ2) is 7.41. The molecule has 6 heteroatoms. The van der Waals surface area contributed by atoms with Gasteiger partial charge < -0.3 is 10.1 Å². The van der Waals surface area contributed by atoms with Crippen molar-refractivity contribution in [3.05, 3.63) is 0 Å². The zero-order chi connectivity index (χ0) is 13.5. The predicted molar refractivity (Wildman–Crippen MR) is 75.3 cm³/mol. The van der Waals surface area contributed by atoms with E-state index in [4.69, 9.17) is 4.74 Å². The minimum Gasteiger partial charge on any atom is -0.463 e. The van der Waals surface area contributed by atoms with Gasteiger partial charge in [0.25, 0.3) is 0 Å². The van der Waals surface area contributed by atoms with Crippen molar-refractivity contribution in [1.29, 1.82) is 0 Å². The van der Waals surface area contributed by atoms with Gasteiger partial charge in [-0.25, -0.2) is 0 Å². The van der Waals surface area contributed by atoms with E-state index in [0.29, 0.717) is 34.9 Å². The van der Waals surface area contributed by atoms with E-state index in [9.17, 15) is 0 Å². The Morgan fingerprint density at radius 2 is 1.94 bits per heavy atom. The standard InChI is InChI=1S/C12H22N4OS/c1-6-7-17-11-14-10(13-5)15-12(16-11)18-9(4)8(2)3/h8-9H,6-7H2,1-5H3,(H,13,14,15,16). The lowest BCUT2D eigenvalue weighted by Crippen LogP contribution is -2.09. The van der Waals surface area contributed by atoms with Crippen molar-refractivity contribution in [2.24, 2.45) is 5.92 Å². The minimum atomic E-state index is 0.398. The van der Waals surface area contributed by atoms with E-state index in [1.165, 1.54) is 0 Å². The zero-order valence-corrected chi connectivity index (χ0v) is 12.5. The molecule has 1 rings (SSSR count). The summed E-state index contributed by atoms with van der Waals surface area (Å²) in [5.41, 5.74) is 0. The van der Waals surface area contributed by atoms with Gasteiger partial charge >= 0.3 is 6.01 Å². The molecule has 0 radical (unpaired) electrons. The first kappa shape index (κ1) is 15.0. The monoisotopic (exact) mass is 270 g/mol. The van der Waals surface area contributed by atoms with E-state index in [-0.39, 0.29) is 0 Å². The second-order valence-corrected chi connectivity index (χ2v) is 5.73. The lowest BCUT2D eigenvalue weighted by molar-refractivity contribution is 0.288. The number of nitrogens with zero attached hydrogens (tertiary/aromatic N) is 3. The number of hydrogen-bond donors (Lipinski definition) is 1. The summed E-state index contributed by atoms with van der Waals surface area (Å²) >= 11 is 1.65. The van der Waals surface area contributed by atoms with Crippen LogP contribution in [0.3, 0.4) is 0 Å². The first-order chi connectivity index (χ1) is 8.56. The average Bonchev–Trinajstić information content (AvgIpc) is 2.35. The normalized spacial score (nSPS) is 12.6. The summed E-state index contributed by atoms with van der Waals surface area (Å²) in [6, 6.07) is 0.398. The molecule has 0 aliphatic carbocycles. The summed E-state index contributed by atoms with van der Waals surface area (Å²) in [6.07, 6.45) is 0.936. The van der Waals surface area contributed by atoms with Crippen molar-refractivity contribution in [2.75, 3.05) is 19.0 Å². The van der Waals surface area contributed by atoms with Crippen LogP contribution in [0, 0.1) is 5.92 Å². The molecular formula is C12H22N4OS. The van der Waals surface area contributed by atoms with Gasteiger partial charge in [-0.05, 0) is 12.3 Å². The molecule has 0 bridgehead atoms. The predicted octanol–water partition coefficient (Wildman–Crippen LogP) is 2.84. The Hall–Kier alpha value is -1.04. The molecule has 0 aliphatic rings. The molecule has 0 fully saturated rings. The molecule has 0 amide bonds. The summed E-state index contributed by atoms with van der Waals surface area (Å²) < 4.78 is 5.46. The molecule has 0 aliphatic heterocycles. The van der Waals surface area contributed by atoms with Crippen molar-refractivity contribution in [2.45, 2.75) is 44.5 Å². The van der Waals surface area contributed by atoms with Crippen LogP contribution in [0.2, 0.25) is 0 Å². The lowest BCUT2D eigenvalue weighted by atomic mass is 10.2. The van der Waals surface area contributed by atoms with Crippen LogP contribution in [0.25, 0.3) is 0 Å². The van der Waals surface area contributed by atoms with Crippen molar-refractivity contribution in [3.63, 3.8) is 0 Å². The van der Waals surface area contributed by atoms with E-state index in [2.05, 4.69) is 48.0 Å². The smallest absolute Gasteiger partial charge is 0.322 e. The summed E-state index contributed by atoms with van der Waals surface area (Å²) in [6.45, 7) is 9.22. The van der Waals surface area contributed by atoms with E-state index >= 15 is 0 Å². The maximum absolute atomic E-state index is 5.46. The van der Waals surface area contributed by atoms with Crippen molar-refractivity contribution >= 4 is 17.7 Å². The lowest BCUT2D eigenvalue weighted by Gasteiger charge is -2.14. The first-order valence-electron chi connectivity index (χ1n) is 6.30. The molecule has 1 heterocycles. The highest BCUT2D eigenvalue weighted by Gasteiger charge is 2.13. The van der Waals surface area contributed by atoms with Gasteiger partial charge in [0.2, 0.25) is 5.95 Å². The zero-order valence-electron chi connectivity index (χ0n) is 11.7. The largest absolute Gasteiger partial charge is 0.463 e. The number of hydrogen-bond acceptors (Lipinski definition) is 6. The number of anilines is 1. The molecule has 0 aromatic carbocycles. The third-order valence-electron chi connectivity index (χ3n) is 2.48. The van der Waals surface area contributed by atoms with E-state index in [0.717, 1.165) is 6.42 Å². The maximum atomic E-state index is 5.46. The van der Waals surface area contributed by atoms with Crippen molar-refractivity contribution < 1.29 is 4.74 Å². The van der Waals surface area contributed by atoms with Gasteiger partial charge in [0.05, 0.1) is 6.61 Å². The van der Waals surface area contributed by atoms with Gasteiger partial charge in [-0.15, -0.1) is 0 Å². The van der Waals surface area contributed by atoms with Gasteiger partial charge in [-0.1, -0.05) is 39.5 Å². The Labute approximate surface area is 113 Å². The van der Waals surface area contributed by atoms with Crippen LogP contribution in [0.15, 0.2) is 5.16 Å². The summed E-state index contributed by atoms with van der Waals surface area (Å²) in [7, 11) is 1.79. The molecule has 1 aromatic heterocycles. The average molecular weight is 270 g/mol. The van der Waals surface area contributed by atoms with Gasteiger partial charge in [-0.2, -0.15) is 15.0 Å². The third-order valence-corrected chi connectivity index (χ3v) is 3.79.